The normalized spacial score (nSPS) is 27.5. The minimum Gasteiger partial charge on any atom is -0.386 e. The van der Waals surface area contributed by atoms with E-state index >= 15 is 0 Å². The Labute approximate surface area is 175 Å². The third-order valence-corrected chi connectivity index (χ3v) is 5.72. The van der Waals surface area contributed by atoms with E-state index in [1.165, 1.54) is 17.2 Å². The molecule has 1 fully saturated rings. The van der Waals surface area contributed by atoms with Crippen LogP contribution in [0.25, 0.3) is 11.2 Å². The number of phosphoric acid groups is 1. The summed E-state index contributed by atoms with van der Waals surface area (Å²) in [7, 11) is -4.47. The molecule has 11 nitrogen and oxygen atoms in total. The Kier molecular flexibility index (Phi) is 6.00. The van der Waals surface area contributed by atoms with Gasteiger partial charge in [0.1, 0.15) is 24.1 Å². The SMILES string of the molecule is CC(C)(C)C[C@H]1O[C@@H](n2cnc3c(N)ncnc32)C(O)C1OP(=O)(O)OC(C)(C)C. The van der Waals surface area contributed by atoms with E-state index in [1.807, 2.05) is 20.8 Å². The number of phosphoric ester groups is 1. The summed E-state index contributed by atoms with van der Waals surface area (Å²) in [5, 5.41) is 11.0. The van der Waals surface area contributed by atoms with Gasteiger partial charge in [-0.3, -0.25) is 13.6 Å². The van der Waals surface area contributed by atoms with Crippen molar-refractivity contribution in [2.75, 3.05) is 5.73 Å². The highest BCUT2D eigenvalue weighted by atomic mass is 31.2. The number of nitrogens with zero attached hydrogens (tertiary/aromatic N) is 4. The third-order valence-electron chi connectivity index (χ3n) is 4.43. The number of aliphatic hydroxyl groups excluding tert-OH is 1. The van der Waals surface area contributed by atoms with Gasteiger partial charge in [0.05, 0.1) is 18.0 Å². The maximum absolute atomic E-state index is 12.6. The molecule has 0 aromatic carbocycles. The zero-order valence-corrected chi connectivity index (χ0v) is 18.9. The van der Waals surface area contributed by atoms with Gasteiger partial charge in [0.15, 0.2) is 17.7 Å². The molecule has 0 aliphatic carbocycles. The van der Waals surface area contributed by atoms with Gasteiger partial charge in [-0.2, -0.15) is 0 Å². The van der Waals surface area contributed by atoms with Gasteiger partial charge >= 0.3 is 7.82 Å². The predicted molar refractivity (Wildman–Crippen MR) is 109 cm³/mol. The average Bonchev–Trinajstić information content (AvgIpc) is 3.08. The molecule has 5 atom stereocenters. The molecule has 0 bridgehead atoms. The highest BCUT2D eigenvalue weighted by Gasteiger charge is 2.50. The number of nitrogen functional groups attached to an aromatic ring is 1. The lowest BCUT2D eigenvalue weighted by molar-refractivity contribution is -0.0463. The smallest absolute Gasteiger partial charge is 0.386 e. The second-order valence-electron chi connectivity index (χ2n) is 9.65. The minimum absolute atomic E-state index is 0.198. The molecule has 3 rings (SSSR count). The van der Waals surface area contributed by atoms with Crippen LogP contribution in [0.1, 0.15) is 54.2 Å². The molecule has 12 heteroatoms. The lowest BCUT2D eigenvalue weighted by Gasteiger charge is -2.29. The first-order valence-corrected chi connectivity index (χ1v) is 11.1. The molecule has 2 aromatic rings. The Bertz CT molecular complexity index is 953. The van der Waals surface area contributed by atoms with E-state index < -0.39 is 38.0 Å². The standard InChI is InChI=1S/C18H30N5O6P/c1-17(2,3)7-10-13(28-30(25,26)29-18(4,5)6)12(24)16(27-10)23-9-22-11-14(19)20-8-21-15(11)23/h8-10,12-13,16,24H,7H2,1-6H3,(H,25,26)(H2,19,20,21)/t10-,12?,13?,16-/m1/s1. The van der Waals surface area contributed by atoms with Gasteiger partial charge in [0, 0.05) is 0 Å². The van der Waals surface area contributed by atoms with Crippen LogP contribution in [0.4, 0.5) is 5.82 Å². The molecule has 168 valence electrons. The van der Waals surface area contributed by atoms with Crippen molar-refractivity contribution >= 4 is 24.8 Å². The van der Waals surface area contributed by atoms with Crippen LogP contribution < -0.4 is 5.73 Å². The maximum Gasteiger partial charge on any atom is 0.473 e. The Morgan fingerprint density at radius 3 is 2.50 bits per heavy atom. The van der Waals surface area contributed by atoms with Gasteiger partial charge < -0.3 is 20.5 Å². The van der Waals surface area contributed by atoms with Crippen molar-refractivity contribution in [2.24, 2.45) is 5.41 Å². The molecule has 0 amide bonds. The summed E-state index contributed by atoms with van der Waals surface area (Å²) in [5.41, 5.74) is 5.47. The number of hydrogen-bond donors (Lipinski definition) is 3. The Balaban J connectivity index is 1.94. The van der Waals surface area contributed by atoms with Crippen molar-refractivity contribution in [1.82, 2.24) is 19.5 Å². The lowest BCUT2D eigenvalue weighted by Crippen LogP contribution is -2.36. The van der Waals surface area contributed by atoms with Crippen LogP contribution in [0.15, 0.2) is 12.7 Å². The van der Waals surface area contributed by atoms with Gasteiger partial charge in [-0.15, -0.1) is 0 Å². The van der Waals surface area contributed by atoms with E-state index in [9.17, 15) is 14.6 Å². The van der Waals surface area contributed by atoms with E-state index in [0.29, 0.717) is 17.6 Å². The van der Waals surface area contributed by atoms with Crippen LogP contribution >= 0.6 is 7.82 Å². The van der Waals surface area contributed by atoms with E-state index in [1.54, 1.807) is 20.8 Å². The van der Waals surface area contributed by atoms with Crippen LogP contribution in [0.2, 0.25) is 0 Å². The largest absolute Gasteiger partial charge is 0.473 e. The summed E-state index contributed by atoms with van der Waals surface area (Å²) >= 11 is 0. The van der Waals surface area contributed by atoms with E-state index in [-0.39, 0.29) is 11.2 Å². The monoisotopic (exact) mass is 443 g/mol. The zero-order chi connectivity index (χ0) is 22.5. The van der Waals surface area contributed by atoms with Crippen molar-refractivity contribution in [1.29, 1.82) is 0 Å². The van der Waals surface area contributed by atoms with Gasteiger partial charge in [0.2, 0.25) is 0 Å². The second-order valence-corrected chi connectivity index (χ2v) is 11.0. The van der Waals surface area contributed by atoms with Crippen LogP contribution in [-0.2, 0) is 18.3 Å². The summed E-state index contributed by atoms with van der Waals surface area (Å²) in [6, 6.07) is 0. The minimum atomic E-state index is -4.47. The maximum atomic E-state index is 12.6. The van der Waals surface area contributed by atoms with Gasteiger partial charge in [-0.1, -0.05) is 20.8 Å². The van der Waals surface area contributed by atoms with Crippen molar-refractivity contribution in [3.8, 4) is 0 Å². The molecule has 2 aromatic heterocycles. The first kappa shape index (κ1) is 23.1. The Morgan fingerprint density at radius 2 is 1.90 bits per heavy atom. The number of ether oxygens (including phenoxy) is 1. The third kappa shape index (κ3) is 5.16. The van der Waals surface area contributed by atoms with Crippen LogP contribution in [0.3, 0.4) is 0 Å². The van der Waals surface area contributed by atoms with Crippen molar-refractivity contribution in [3.63, 3.8) is 0 Å². The van der Waals surface area contributed by atoms with Crippen molar-refractivity contribution < 1.29 is 28.3 Å². The molecule has 3 unspecified atom stereocenters. The van der Waals surface area contributed by atoms with Crippen LogP contribution in [-0.4, -0.2) is 53.4 Å². The first-order chi connectivity index (χ1) is 13.7. The first-order valence-electron chi connectivity index (χ1n) is 9.65. The number of aliphatic hydroxyl groups is 1. The molecule has 0 radical (unpaired) electrons. The predicted octanol–water partition coefficient (Wildman–Crippen LogP) is 2.40. The lowest BCUT2D eigenvalue weighted by atomic mass is 9.87. The molecule has 30 heavy (non-hydrogen) atoms. The summed E-state index contributed by atoms with van der Waals surface area (Å²) in [6.45, 7) is 10.9. The molecule has 1 saturated heterocycles. The summed E-state index contributed by atoms with van der Waals surface area (Å²) < 4.78 is 30.8. The molecular weight excluding hydrogens is 413 g/mol. The molecule has 1 aliphatic rings. The number of anilines is 1. The molecule has 1 aliphatic heterocycles. The highest BCUT2D eigenvalue weighted by molar-refractivity contribution is 7.47. The van der Waals surface area contributed by atoms with Crippen LogP contribution in [0, 0.1) is 5.41 Å². The Hall–Kier alpha value is -1.62. The summed E-state index contributed by atoms with van der Waals surface area (Å²) in [6.07, 6.45) is -0.827. The van der Waals surface area contributed by atoms with Crippen molar-refractivity contribution in [2.45, 2.75) is 78.1 Å². The van der Waals surface area contributed by atoms with Gasteiger partial charge in [-0.25, -0.2) is 19.5 Å². The summed E-state index contributed by atoms with van der Waals surface area (Å²) in [5.74, 6) is 0.198. The number of imidazole rings is 1. The Morgan fingerprint density at radius 1 is 1.23 bits per heavy atom. The number of rotatable bonds is 5. The highest BCUT2D eigenvalue weighted by Crippen LogP contribution is 2.52. The van der Waals surface area contributed by atoms with E-state index in [2.05, 4.69) is 15.0 Å². The average molecular weight is 443 g/mol. The van der Waals surface area contributed by atoms with Gasteiger partial charge in [0.25, 0.3) is 0 Å². The van der Waals surface area contributed by atoms with E-state index in [0.717, 1.165) is 0 Å². The molecule has 4 N–H and O–H groups in total. The molecule has 3 heterocycles. The fraction of sp³-hybridized carbons (Fsp3) is 0.722. The number of aromatic nitrogens is 4. The molecule has 0 saturated carbocycles. The van der Waals surface area contributed by atoms with Crippen LogP contribution in [0.5, 0.6) is 0 Å². The van der Waals surface area contributed by atoms with Crippen molar-refractivity contribution in [3.05, 3.63) is 12.7 Å². The molecule has 0 spiro atoms. The number of nitrogens with two attached hydrogens (primary N) is 1. The number of hydrogen-bond acceptors (Lipinski definition) is 9. The second kappa shape index (κ2) is 7.81. The summed E-state index contributed by atoms with van der Waals surface area (Å²) in [4.78, 5) is 22.5. The fourth-order valence-electron chi connectivity index (χ4n) is 3.43. The van der Waals surface area contributed by atoms with E-state index in [4.69, 9.17) is 19.5 Å². The van der Waals surface area contributed by atoms with Gasteiger partial charge in [-0.05, 0) is 32.6 Å². The quantitative estimate of drug-likeness (QED) is 0.587. The molecular formula is C18H30N5O6P. The number of fused-ring (bicyclic) bond motifs is 1. The topological polar surface area (TPSA) is 155 Å². The fourth-order valence-corrected chi connectivity index (χ4v) is 4.73. The zero-order valence-electron chi connectivity index (χ0n) is 18.0.